The van der Waals surface area contributed by atoms with Crippen LogP contribution in [0.2, 0.25) is 13.1 Å². The fraction of sp³-hybridized carbons (Fsp3) is 0.393. The van der Waals surface area contributed by atoms with Crippen LogP contribution in [0.5, 0.6) is 11.8 Å². The van der Waals surface area contributed by atoms with Crippen LogP contribution in [-0.4, -0.2) is 53.9 Å². The average molecular weight is 556 g/mol. The molecule has 2 aromatic carbocycles. The fourth-order valence-electron chi connectivity index (χ4n) is 4.63. The number of methoxy groups -OCH3 is 2. The molecule has 2 heterocycles. The number of sulfonamides is 1. The van der Waals surface area contributed by atoms with Crippen molar-refractivity contribution in [1.82, 2.24) is 9.55 Å². The summed E-state index contributed by atoms with van der Waals surface area (Å²) in [7, 11) is -0.580. The Morgan fingerprint density at radius 2 is 1.66 bits per heavy atom. The molecule has 1 unspecified atom stereocenters. The predicted octanol–water partition coefficient (Wildman–Crippen LogP) is 5.35. The zero-order chi connectivity index (χ0) is 27.8. The smallest absolute Gasteiger partial charge is 0.264 e. The summed E-state index contributed by atoms with van der Waals surface area (Å²) in [5.74, 6) is 0.493. The molecule has 0 N–H and O–H groups in total. The zero-order valence-electron chi connectivity index (χ0n) is 23.3. The van der Waals surface area contributed by atoms with E-state index in [4.69, 9.17) is 13.9 Å². The van der Waals surface area contributed by atoms with Crippen LogP contribution in [0.15, 0.2) is 59.5 Å². The van der Waals surface area contributed by atoms with E-state index in [1.165, 1.54) is 18.5 Å². The van der Waals surface area contributed by atoms with Gasteiger partial charge in [0.15, 0.2) is 9.04 Å². The molecular weight excluding hydrogens is 518 g/mol. The van der Waals surface area contributed by atoms with Crippen molar-refractivity contribution >= 4 is 46.6 Å². The molecule has 0 aliphatic heterocycles. The number of nitrogens with zero attached hydrogens (tertiary/aromatic N) is 3. The Kier molecular flexibility index (Phi) is 7.78. The third-order valence-corrected chi connectivity index (χ3v) is 9.34. The number of para-hydroxylation sites is 1. The van der Waals surface area contributed by atoms with Gasteiger partial charge >= 0.3 is 0 Å². The normalized spacial score (nSPS) is 13.3. The van der Waals surface area contributed by atoms with Crippen molar-refractivity contribution in [3.8, 4) is 11.8 Å². The highest BCUT2D eigenvalue weighted by Crippen LogP contribution is 2.37. The van der Waals surface area contributed by atoms with E-state index in [9.17, 15) is 8.42 Å². The van der Waals surface area contributed by atoms with Gasteiger partial charge < -0.3 is 18.5 Å². The first kappa shape index (κ1) is 27.9. The van der Waals surface area contributed by atoms with Crippen LogP contribution in [-0.2, 0) is 21.5 Å². The van der Waals surface area contributed by atoms with Gasteiger partial charge in [-0.25, -0.2) is 8.42 Å². The maximum absolute atomic E-state index is 14.5. The van der Waals surface area contributed by atoms with Crippen LogP contribution < -0.4 is 13.8 Å². The minimum atomic E-state index is -4.05. The van der Waals surface area contributed by atoms with Crippen LogP contribution >= 0.6 is 0 Å². The molecule has 2 aromatic heterocycles. The van der Waals surface area contributed by atoms with Crippen LogP contribution in [0.1, 0.15) is 20.8 Å². The molecule has 0 bridgehead atoms. The molecule has 1 atom stereocenters. The van der Waals surface area contributed by atoms with Gasteiger partial charge in [-0.2, -0.15) is 4.98 Å². The number of aromatic nitrogens is 2. The highest BCUT2D eigenvalue weighted by Gasteiger charge is 2.36. The number of anilines is 1. The standard InChI is InChI=1S/C28H37N3O5SSi/c1-28(2,3)25(36-38(7)8)18-31(24-15-16-26(34-5)29-27(24)35-6)37(32,33)19-13-14-23-21(17-19)20-11-9-10-12-22(20)30(23)4/h9-17,25,38H,18H2,1-8H3. The number of pyridine rings is 1. The van der Waals surface area contributed by atoms with Crippen LogP contribution in [0.4, 0.5) is 5.69 Å². The topological polar surface area (TPSA) is 82.9 Å². The van der Waals surface area contributed by atoms with Crippen molar-refractivity contribution in [2.75, 3.05) is 25.1 Å². The molecule has 0 amide bonds. The van der Waals surface area contributed by atoms with E-state index in [1.807, 2.05) is 37.4 Å². The maximum Gasteiger partial charge on any atom is 0.264 e. The summed E-state index contributed by atoms with van der Waals surface area (Å²) in [6, 6.07) is 16.6. The molecule has 0 radical (unpaired) electrons. The second kappa shape index (κ2) is 10.6. The quantitative estimate of drug-likeness (QED) is 0.259. The molecule has 0 spiro atoms. The van der Waals surface area contributed by atoms with Gasteiger partial charge in [0.25, 0.3) is 10.0 Å². The van der Waals surface area contributed by atoms with Gasteiger partial charge in [0.05, 0.1) is 31.8 Å². The minimum Gasteiger partial charge on any atom is -0.481 e. The van der Waals surface area contributed by atoms with Crippen molar-refractivity contribution in [3.05, 3.63) is 54.6 Å². The largest absolute Gasteiger partial charge is 0.481 e. The first-order chi connectivity index (χ1) is 17.9. The van der Waals surface area contributed by atoms with Gasteiger partial charge in [0, 0.05) is 34.9 Å². The summed E-state index contributed by atoms with van der Waals surface area (Å²) >= 11 is 0. The first-order valence-corrected chi connectivity index (χ1v) is 16.8. The highest BCUT2D eigenvalue weighted by molar-refractivity contribution is 7.92. The Balaban J connectivity index is 1.92. The van der Waals surface area contributed by atoms with E-state index in [0.717, 1.165) is 21.8 Å². The SMILES string of the molecule is COc1ccc(N(CC(O[SiH](C)C)C(C)(C)C)S(=O)(=O)c2ccc3c(c2)c2ccccc2n3C)c(OC)n1. The number of aryl methyl sites for hydroxylation is 1. The second-order valence-corrected chi connectivity index (χ2v) is 14.9. The molecule has 10 heteroatoms. The van der Waals surface area contributed by atoms with Crippen molar-refractivity contribution < 1.29 is 22.3 Å². The zero-order valence-corrected chi connectivity index (χ0v) is 25.3. The number of hydrogen-bond donors (Lipinski definition) is 0. The Morgan fingerprint density at radius 3 is 2.29 bits per heavy atom. The molecule has 0 aliphatic rings. The Bertz CT molecular complexity index is 1560. The number of fused-ring (bicyclic) bond motifs is 3. The molecule has 4 aromatic rings. The summed E-state index contributed by atoms with van der Waals surface area (Å²) in [5, 5.41) is 1.88. The van der Waals surface area contributed by atoms with Crippen molar-refractivity contribution in [1.29, 1.82) is 0 Å². The lowest BCUT2D eigenvalue weighted by Crippen LogP contribution is -2.45. The third kappa shape index (κ3) is 5.25. The molecular formula is C28H37N3O5SSi. The van der Waals surface area contributed by atoms with Crippen LogP contribution in [0.3, 0.4) is 0 Å². The van der Waals surface area contributed by atoms with Gasteiger partial charge in [-0.05, 0) is 48.8 Å². The molecule has 0 fully saturated rings. The Morgan fingerprint density at radius 1 is 0.974 bits per heavy atom. The van der Waals surface area contributed by atoms with E-state index in [0.29, 0.717) is 11.6 Å². The lowest BCUT2D eigenvalue weighted by molar-refractivity contribution is 0.0949. The van der Waals surface area contributed by atoms with E-state index < -0.39 is 19.1 Å². The third-order valence-electron chi connectivity index (χ3n) is 6.69. The number of rotatable bonds is 9. The van der Waals surface area contributed by atoms with Gasteiger partial charge in [0.1, 0.15) is 5.69 Å². The maximum atomic E-state index is 14.5. The minimum absolute atomic E-state index is 0.106. The van der Waals surface area contributed by atoms with E-state index >= 15 is 0 Å². The van der Waals surface area contributed by atoms with Crippen molar-refractivity contribution in [3.63, 3.8) is 0 Å². The van der Waals surface area contributed by atoms with Gasteiger partial charge in [-0.1, -0.05) is 39.0 Å². The predicted molar refractivity (Wildman–Crippen MR) is 156 cm³/mol. The lowest BCUT2D eigenvalue weighted by atomic mass is 9.89. The highest BCUT2D eigenvalue weighted by atomic mass is 32.2. The summed E-state index contributed by atoms with van der Waals surface area (Å²) in [6.45, 7) is 10.5. The molecule has 0 aliphatic carbocycles. The van der Waals surface area contributed by atoms with Crippen LogP contribution in [0, 0.1) is 5.41 Å². The summed E-state index contributed by atoms with van der Waals surface area (Å²) in [5.41, 5.74) is 2.02. The van der Waals surface area contributed by atoms with Gasteiger partial charge in [-0.15, -0.1) is 0 Å². The fourth-order valence-corrected chi connectivity index (χ4v) is 7.27. The monoisotopic (exact) mass is 555 g/mol. The summed E-state index contributed by atoms with van der Waals surface area (Å²) < 4.78 is 49.5. The van der Waals surface area contributed by atoms with Crippen molar-refractivity contribution in [2.24, 2.45) is 12.5 Å². The Labute approximate surface area is 226 Å². The number of hydrogen-bond acceptors (Lipinski definition) is 6. The van der Waals surface area contributed by atoms with E-state index in [2.05, 4.69) is 43.4 Å². The van der Waals surface area contributed by atoms with Crippen LogP contribution in [0.25, 0.3) is 21.8 Å². The van der Waals surface area contributed by atoms with E-state index in [1.54, 1.807) is 24.3 Å². The Hall–Kier alpha value is -3.08. The molecule has 38 heavy (non-hydrogen) atoms. The molecule has 0 saturated carbocycles. The first-order valence-electron chi connectivity index (χ1n) is 12.6. The lowest BCUT2D eigenvalue weighted by Gasteiger charge is -2.37. The van der Waals surface area contributed by atoms with E-state index in [-0.39, 0.29) is 28.8 Å². The number of benzene rings is 2. The van der Waals surface area contributed by atoms with Gasteiger partial charge in [0.2, 0.25) is 11.8 Å². The van der Waals surface area contributed by atoms with Gasteiger partial charge in [-0.3, -0.25) is 4.31 Å². The number of ether oxygens (including phenoxy) is 2. The van der Waals surface area contributed by atoms with Crippen molar-refractivity contribution in [2.45, 2.75) is 44.9 Å². The molecule has 0 saturated heterocycles. The average Bonchev–Trinajstić information content (AvgIpc) is 3.16. The second-order valence-electron chi connectivity index (χ2n) is 10.7. The summed E-state index contributed by atoms with van der Waals surface area (Å²) in [6.07, 6.45) is -0.350. The summed E-state index contributed by atoms with van der Waals surface area (Å²) in [4.78, 5) is 4.56. The molecule has 8 nitrogen and oxygen atoms in total. The molecule has 204 valence electrons. The molecule has 4 rings (SSSR count).